The van der Waals surface area contributed by atoms with E-state index in [1.165, 1.54) is 5.56 Å². The number of aliphatic imine (C=N–C) groups is 1. The van der Waals surface area contributed by atoms with E-state index in [4.69, 9.17) is 9.47 Å². The van der Waals surface area contributed by atoms with Crippen LogP contribution in [-0.2, 0) is 6.42 Å². The molecule has 0 radical (unpaired) electrons. The van der Waals surface area contributed by atoms with Crippen molar-refractivity contribution in [2.75, 3.05) is 20.8 Å². The van der Waals surface area contributed by atoms with Gasteiger partial charge in [-0.05, 0) is 24.1 Å². The fourth-order valence-corrected chi connectivity index (χ4v) is 1.72. The number of methoxy groups -OCH3 is 2. The number of rotatable bonds is 2. The second-order valence-electron chi connectivity index (χ2n) is 3.15. The van der Waals surface area contributed by atoms with Crippen LogP contribution in [0.2, 0.25) is 0 Å². The maximum Gasteiger partial charge on any atom is 0.164 e. The van der Waals surface area contributed by atoms with Gasteiger partial charge < -0.3 is 9.47 Å². The number of fused-ring (bicyclic) bond motifs is 1. The first kappa shape index (κ1) is 11.9. The standard InChI is InChI=1S/C11H13NO2.ClH/c1-13-10-4-3-8-7-12-6-5-9(8)11(10)14-2;/h3-4,7H,5-6H2,1-2H3;1H. The van der Waals surface area contributed by atoms with Gasteiger partial charge in [-0.15, -0.1) is 12.4 Å². The maximum absolute atomic E-state index is 5.35. The summed E-state index contributed by atoms with van der Waals surface area (Å²) in [5.41, 5.74) is 2.33. The van der Waals surface area contributed by atoms with Crippen LogP contribution in [0.5, 0.6) is 11.5 Å². The van der Waals surface area contributed by atoms with Crippen LogP contribution < -0.4 is 9.47 Å². The minimum atomic E-state index is 0. The highest BCUT2D eigenvalue weighted by atomic mass is 35.5. The lowest BCUT2D eigenvalue weighted by Crippen LogP contribution is -2.06. The highest BCUT2D eigenvalue weighted by Gasteiger charge is 2.15. The topological polar surface area (TPSA) is 30.8 Å². The lowest BCUT2D eigenvalue weighted by Gasteiger charge is -2.16. The van der Waals surface area contributed by atoms with Gasteiger partial charge in [-0.2, -0.15) is 0 Å². The summed E-state index contributed by atoms with van der Waals surface area (Å²) in [7, 11) is 3.32. The fraction of sp³-hybridized carbons (Fsp3) is 0.364. The second-order valence-corrected chi connectivity index (χ2v) is 3.15. The van der Waals surface area contributed by atoms with Crippen molar-refractivity contribution >= 4 is 18.6 Å². The molecule has 15 heavy (non-hydrogen) atoms. The minimum absolute atomic E-state index is 0. The van der Waals surface area contributed by atoms with Crippen LogP contribution >= 0.6 is 12.4 Å². The third-order valence-corrected chi connectivity index (χ3v) is 2.41. The zero-order chi connectivity index (χ0) is 9.97. The van der Waals surface area contributed by atoms with Crippen molar-refractivity contribution < 1.29 is 9.47 Å². The van der Waals surface area contributed by atoms with Gasteiger partial charge in [-0.25, -0.2) is 0 Å². The molecule has 0 aliphatic carbocycles. The smallest absolute Gasteiger partial charge is 0.164 e. The summed E-state index contributed by atoms with van der Waals surface area (Å²) in [5, 5.41) is 0. The van der Waals surface area contributed by atoms with Gasteiger partial charge in [0, 0.05) is 18.3 Å². The van der Waals surface area contributed by atoms with Crippen LogP contribution in [0, 0.1) is 0 Å². The van der Waals surface area contributed by atoms with E-state index in [1.54, 1.807) is 14.2 Å². The second kappa shape index (κ2) is 5.03. The summed E-state index contributed by atoms with van der Waals surface area (Å²) in [4.78, 5) is 4.23. The molecule has 0 bridgehead atoms. The summed E-state index contributed by atoms with van der Waals surface area (Å²) < 4.78 is 10.6. The Bertz CT molecular complexity index is 377. The largest absolute Gasteiger partial charge is 0.493 e. The molecule has 0 spiro atoms. The lowest BCUT2D eigenvalue weighted by molar-refractivity contribution is 0.351. The van der Waals surface area contributed by atoms with Crippen molar-refractivity contribution in [1.29, 1.82) is 0 Å². The molecule has 0 saturated heterocycles. The molecular weight excluding hydrogens is 214 g/mol. The Balaban J connectivity index is 0.00000112. The third-order valence-electron chi connectivity index (χ3n) is 2.41. The predicted molar refractivity (Wildman–Crippen MR) is 63.0 cm³/mol. The van der Waals surface area contributed by atoms with Crippen LogP contribution in [0.15, 0.2) is 17.1 Å². The molecule has 2 rings (SSSR count). The monoisotopic (exact) mass is 227 g/mol. The average Bonchev–Trinajstić information content (AvgIpc) is 2.27. The Kier molecular flexibility index (Phi) is 3.97. The van der Waals surface area contributed by atoms with Gasteiger partial charge in [-0.1, -0.05) is 0 Å². The van der Waals surface area contributed by atoms with E-state index in [-0.39, 0.29) is 12.4 Å². The number of halogens is 1. The molecule has 1 heterocycles. The molecule has 1 aromatic rings. The van der Waals surface area contributed by atoms with Gasteiger partial charge in [-0.3, -0.25) is 4.99 Å². The van der Waals surface area contributed by atoms with Gasteiger partial charge in [0.1, 0.15) is 0 Å². The molecule has 1 aliphatic rings. The number of ether oxygens (including phenoxy) is 2. The SMILES string of the molecule is COc1ccc2c(c1OC)CCN=C2.Cl. The molecule has 0 fully saturated rings. The van der Waals surface area contributed by atoms with E-state index in [0.29, 0.717) is 0 Å². The molecule has 0 saturated carbocycles. The first-order chi connectivity index (χ1) is 6.86. The zero-order valence-electron chi connectivity index (χ0n) is 8.82. The summed E-state index contributed by atoms with van der Waals surface area (Å²) in [6, 6.07) is 3.92. The molecule has 4 heteroatoms. The molecule has 0 atom stereocenters. The van der Waals surface area contributed by atoms with Crippen LogP contribution in [0.1, 0.15) is 11.1 Å². The summed E-state index contributed by atoms with van der Waals surface area (Å²) in [6.07, 6.45) is 2.81. The van der Waals surface area contributed by atoms with E-state index in [1.807, 2.05) is 18.3 Å². The van der Waals surface area contributed by atoms with Crippen molar-refractivity contribution in [1.82, 2.24) is 0 Å². The number of hydrogen-bond acceptors (Lipinski definition) is 3. The van der Waals surface area contributed by atoms with Crippen LogP contribution in [0.25, 0.3) is 0 Å². The predicted octanol–water partition coefficient (Wildman–Crippen LogP) is 2.10. The first-order valence-corrected chi connectivity index (χ1v) is 4.60. The Morgan fingerprint density at radius 3 is 2.67 bits per heavy atom. The molecule has 82 valence electrons. The van der Waals surface area contributed by atoms with Gasteiger partial charge >= 0.3 is 0 Å². The number of nitrogens with zero attached hydrogens (tertiary/aromatic N) is 1. The molecule has 3 nitrogen and oxygen atoms in total. The quantitative estimate of drug-likeness (QED) is 0.775. The molecule has 1 aliphatic heterocycles. The highest BCUT2D eigenvalue weighted by molar-refractivity contribution is 5.85. The third kappa shape index (κ3) is 2.07. The fourth-order valence-electron chi connectivity index (χ4n) is 1.72. The van der Waals surface area contributed by atoms with E-state index in [9.17, 15) is 0 Å². The van der Waals surface area contributed by atoms with E-state index >= 15 is 0 Å². The average molecular weight is 228 g/mol. The van der Waals surface area contributed by atoms with Crippen LogP contribution in [0.4, 0.5) is 0 Å². The van der Waals surface area contributed by atoms with Gasteiger partial charge in [0.2, 0.25) is 0 Å². The van der Waals surface area contributed by atoms with Crippen molar-refractivity contribution in [2.24, 2.45) is 4.99 Å². The van der Waals surface area contributed by atoms with Crippen molar-refractivity contribution in [3.63, 3.8) is 0 Å². The molecule has 0 amide bonds. The van der Waals surface area contributed by atoms with E-state index in [0.717, 1.165) is 30.0 Å². The highest BCUT2D eigenvalue weighted by Crippen LogP contribution is 2.34. The lowest BCUT2D eigenvalue weighted by atomic mass is 10.0. The molecular formula is C11H14ClNO2. The number of benzene rings is 1. The normalized spacial score (nSPS) is 12.7. The Labute approximate surface area is 95.5 Å². The molecule has 0 N–H and O–H groups in total. The molecule has 0 unspecified atom stereocenters. The molecule has 1 aromatic carbocycles. The summed E-state index contributed by atoms with van der Waals surface area (Å²) in [6.45, 7) is 0.830. The van der Waals surface area contributed by atoms with Crippen molar-refractivity contribution in [2.45, 2.75) is 6.42 Å². The Morgan fingerprint density at radius 2 is 2.00 bits per heavy atom. The van der Waals surface area contributed by atoms with E-state index in [2.05, 4.69) is 4.99 Å². The Hall–Kier alpha value is -1.22. The van der Waals surface area contributed by atoms with Crippen molar-refractivity contribution in [3.8, 4) is 11.5 Å². The minimum Gasteiger partial charge on any atom is -0.493 e. The van der Waals surface area contributed by atoms with Gasteiger partial charge in [0.25, 0.3) is 0 Å². The van der Waals surface area contributed by atoms with Crippen LogP contribution in [0.3, 0.4) is 0 Å². The Morgan fingerprint density at radius 1 is 1.20 bits per heavy atom. The van der Waals surface area contributed by atoms with Crippen molar-refractivity contribution in [3.05, 3.63) is 23.3 Å². The van der Waals surface area contributed by atoms with E-state index < -0.39 is 0 Å². The van der Waals surface area contributed by atoms with Crippen LogP contribution in [-0.4, -0.2) is 27.0 Å². The molecule has 0 aromatic heterocycles. The number of hydrogen-bond donors (Lipinski definition) is 0. The van der Waals surface area contributed by atoms with Gasteiger partial charge in [0.15, 0.2) is 11.5 Å². The summed E-state index contributed by atoms with van der Waals surface area (Å²) in [5.74, 6) is 1.64. The first-order valence-electron chi connectivity index (χ1n) is 4.60. The maximum atomic E-state index is 5.35. The summed E-state index contributed by atoms with van der Waals surface area (Å²) >= 11 is 0. The zero-order valence-corrected chi connectivity index (χ0v) is 9.63. The van der Waals surface area contributed by atoms with Gasteiger partial charge in [0.05, 0.1) is 14.2 Å².